The van der Waals surface area contributed by atoms with Crippen molar-refractivity contribution in [1.29, 1.82) is 0 Å². The van der Waals surface area contributed by atoms with E-state index < -0.39 is 0 Å². The molecule has 0 bridgehead atoms. The molecule has 114 valence electrons. The van der Waals surface area contributed by atoms with Gasteiger partial charge in [-0.2, -0.15) is 0 Å². The smallest absolute Gasteiger partial charge is 0.227 e. The normalized spacial score (nSPS) is 10.1. The summed E-state index contributed by atoms with van der Waals surface area (Å²) in [5.41, 5.74) is 2.69. The number of ether oxygens (including phenoxy) is 2. The Kier molecular flexibility index (Phi) is 4.34. The summed E-state index contributed by atoms with van der Waals surface area (Å²) in [6.07, 6.45) is 6.91. The quantitative estimate of drug-likeness (QED) is 0.691. The van der Waals surface area contributed by atoms with Gasteiger partial charge >= 0.3 is 0 Å². The molecule has 0 aliphatic rings. The van der Waals surface area contributed by atoms with Crippen LogP contribution in [0.15, 0.2) is 67.6 Å². The molecule has 0 atom stereocenters. The predicted molar refractivity (Wildman–Crippen MR) is 90.6 cm³/mol. The van der Waals surface area contributed by atoms with E-state index in [0.29, 0.717) is 11.6 Å². The SMILES string of the molecule is C=Cc1ccc(Oc2ncccc2-c2cnccc2OC)cc1. The molecular formula is C19H16N2O2. The van der Waals surface area contributed by atoms with Crippen LogP contribution in [0, 0.1) is 0 Å². The lowest BCUT2D eigenvalue weighted by Crippen LogP contribution is -1.94. The van der Waals surface area contributed by atoms with E-state index in [4.69, 9.17) is 9.47 Å². The van der Waals surface area contributed by atoms with Crippen LogP contribution in [0.5, 0.6) is 17.4 Å². The fourth-order valence-corrected chi connectivity index (χ4v) is 2.22. The number of hydrogen-bond acceptors (Lipinski definition) is 4. The van der Waals surface area contributed by atoms with Crippen molar-refractivity contribution < 1.29 is 9.47 Å². The van der Waals surface area contributed by atoms with Gasteiger partial charge in [-0.1, -0.05) is 24.8 Å². The number of rotatable bonds is 5. The van der Waals surface area contributed by atoms with E-state index in [-0.39, 0.29) is 0 Å². The second-order valence-electron chi connectivity index (χ2n) is 4.81. The maximum atomic E-state index is 5.93. The average Bonchev–Trinajstić information content (AvgIpc) is 2.63. The highest BCUT2D eigenvalue weighted by Crippen LogP contribution is 2.36. The summed E-state index contributed by atoms with van der Waals surface area (Å²) in [6.45, 7) is 3.74. The van der Waals surface area contributed by atoms with Crippen molar-refractivity contribution in [3.8, 4) is 28.5 Å². The summed E-state index contributed by atoms with van der Waals surface area (Å²) in [7, 11) is 1.63. The maximum Gasteiger partial charge on any atom is 0.227 e. The zero-order valence-corrected chi connectivity index (χ0v) is 12.8. The van der Waals surface area contributed by atoms with Crippen LogP contribution in [0.4, 0.5) is 0 Å². The summed E-state index contributed by atoms with van der Waals surface area (Å²) in [4.78, 5) is 8.51. The van der Waals surface area contributed by atoms with Crippen molar-refractivity contribution in [1.82, 2.24) is 9.97 Å². The highest BCUT2D eigenvalue weighted by Gasteiger charge is 2.13. The zero-order valence-electron chi connectivity index (χ0n) is 12.8. The van der Waals surface area contributed by atoms with Gasteiger partial charge in [0.15, 0.2) is 0 Å². The standard InChI is InChI=1S/C19H16N2O2/c1-3-14-6-8-15(9-7-14)23-19-16(5-4-11-21-19)17-13-20-12-10-18(17)22-2/h3-13H,1H2,2H3. The minimum Gasteiger partial charge on any atom is -0.496 e. The lowest BCUT2D eigenvalue weighted by atomic mass is 10.1. The third-order valence-corrected chi connectivity index (χ3v) is 3.39. The largest absolute Gasteiger partial charge is 0.496 e. The summed E-state index contributed by atoms with van der Waals surface area (Å²) in [6, 6.07) is 13.2. The Labute approximate surface area is 135 Å². The van der Waals surface area contributed by atoms with Crippen molar-refractivity contribution in [2.24, 2.45) is 0 Å². The molecule has 2 aromatic heterocycles. The first-order valence-electron chi connectivity index (χ1n) is 7.15. The van der Waals surface area contributed by atoms with Crippen LogP contribution in [-0.4, -0.2) is 17.1 Å². The molecule has 0 unspecified atom stereocenters. The lowest BCUT2D eigenvalue weighted by Gasteiger charge is -2.12. The third kappa shape index (κ3) is 3.21. The molecule has 0 saturated heterocycles. The fourth-order valence-electron chi connectivity index (χ4n) is 2.22. The van der Waals surface area contributed by atoms with Gasteiger partial charge in [-0.05, 0) is 35.9 Å². The molecule has 0 amide bonds. The number of methoxy groups -OCH3 is 1. The van der Waals surface area contributed by atoms with Crippen LogP contribution >= 0.6 is 0 Å². The molecule has 0 spiro atoms. The van der Waals surface area contributed by atoms with Gasteiger partial charge in [-0.25, -0.2) is 4.98 Å². The first kappa shape index (κ1) is 14.8. The molecular weight excluding hydrogens is 288 g/mol. The minimum absolute atomic E-state index is 0.505. The van der Waals surface area contributed by atoms with E-state index in [0.717, 1.165) is 22.4 Å². The van der Waals surface area contributed by atoms with Crippen molar-refractivity contribution in [3.05, 3.63) is 73.2 Å². The van der Waals surface area contributed by atoms with Crippen molar-refractivity contribution in [2.75, 3.05) is 7.11 Å². The maximum absolute atomic E-state index is 5.93. The Hall–Kier alpha value is -3.14. The molecule has 0 aliphatic heterocycles. The Morgan fingerprint density at radius 2 is 1.83 bits per heavy atom. The van der Waals surface area contributed by atoms with Gasteiger partial charge in [0.05, 0.1) is 7.11 Å². The van der Waals surface area contributed by atoms with Gasteiger partial charge in [0.1, 0.15) is 11.5 Å². The lowest BCUT2D eigenvalue weighted by molar-refractivity contribution is 0.415. The van der Waals surface area contributed by atoms with Gasteiger partial charge in [0.25, 0.3) is 0 Å². The Balaban J connectivity index is 1.98. The van der Waals surface area contributed by atoms with Crippen LogP contribution in [0.2, 0.25) is 0 Å². The number of aromatic nitrogens is 2. The van der Waals surface area contributed by atoms with E-state index in [9.17, 15) is 0 Å². The molecule has 0 fully saturated rings. The summed E-state index contributed by atoms with van der Waals surface area (Å²) in [5.74, 6) is 1.93. The predicted octanol–water partition coefficient (Wildman–Crippen LogP) is 4.59. The van der Waals surface area contributed by atoms with Gasteiger partial charge in [0, 0.05) is 29.7 Å². The summed E-state index contributed by atoms with van der Waals surface area (Å²) >= 11 is 0. The van der Waals surface area contributed by atoms with E-state index in [1.807, 2.05) is 42.5 Å². The van der Waals surface area contributed by atoms with Crippen LogP contribution in [-0.2, 0) is 0 Å². The topological polar surface area (TPSA) is 44.2 Å². The van der Waals surface area contributed by atoms with E-state index >= 15 is 0 Å². The highest BCUT2D eigenvalue weighted by molar-refractivity contribution is 5.73. The molecule has 2 heterocycles. The molecule has 3 aromatic rings. The first-order chi connectivity index (χ1) is 11.3. The van der Waals surface area contributed by atoms with E-state index in [1.165, 1.54) is 0 Å². The Bertz CT molecular complexity index is 814. The van der Waals surface area contributed by atoms with E-state index in [2.05, 4.69) is 16.5 Å². The van der Waals surface area contributed by atoms with Crippen molar-refractivity contribution in [3.63, 3.8) is 0 Å². The second kappa shape index (κ2) is 6.75. The number of hydrogen-bond donors (Lipinski definition) is 0. The fraction of sp³-hybridized carbons (Fsp3) is 0.0526. The van der Waals surface area contributed by atoms with Crippen LogP contribution in [0.25, 0.3) is 17.2 Å². The molecule has 4 nitrogen and oxygen atoms in total. The third-order valence-electron chi connectivity index (χ3n) is 3.39. The van der Waals surface area contributed by atoms with Crippen molar-refractivity contribution >= 4 is 6.08 Å². The molecule has 23 heavy (non-hydrogen) atoms. The number of nitrogens with zero attached hydrogens (tertiary/aromatic N) is 2. The average molecular weight is 304 g/mol. The molecule has 3 rings (SSSR count). The molecule has 4 heteroatoms. The van der Waals surface area contributed by atoms with Gasteiger partial charge in [-0.15, -0.1) is 0 Å². The van der Waals surface area contributed by atoms with Crippen molar-refractivity contribution in [2.45, 2.75) is 0 Å². The molecule has 0 saturated carbocycles. The van der Waals surface area contributed by atoms with E-state index in [1.54, 1.807) is 31.8 Å². The summed E-state index contributed by atoms with van der Waals surface area (Å²) < 4.78 is 11.3. The molecule has 0 N–H and O–H groups in total. The van der Waals surface area contributed by atoms with Crippen LogP contribution in [0.3, 0.4) is 0 Å². The number of benzene rings is 1. The first-order valence-corrected chi connectivity index (χ1v) is 7.15. The van der Waals surface area contributed by atoms with Crippen LogP contribution in [0.1, 0.15) is 5.56 Å². The Morgan fingerprint density at radius 3 is 2.57 bits per heavy atom. The molecule has 0 aliphatic carbocycles. The van der Waals surface area contributed by atoms with Gasteiger partial charge in [-0.3, -0.25) is 4.98 Å². The van der Waals surface area contributed by atoms with Crippen LogP contribution < -0.4 is 9.47 Å². The zero-order chi connectivity index (χ0) is 16.1. The highest BCUT2D eigenvalue weighted by atomic mass is 16.5. The summed E-state index contributed by atoms with van der Waals surface area (Å²) in [5, 5.41) is 0. The Morgan fingerprint density at radius 1 is 1.00 bits per heavy atom. The van der Waals surface area contributed by atoms with Gasteiger partial charge < -0.3 is 9.47 Å². The molecule has 1 aromatic carbocycles. The second-order valence-corrected chi connectivity index (χ2v) is 4.81. The minimum atomic E-state index is 0.505. The number of pyridine rings is 2. The van der Waals surface area contributed by atoms with Gasteiger partial charge in [0.2, 0.25) is 5.88 Å². The molecule has 0 radical (unpaired) electrons. The monoisotopic (exact) mass is 304 g/mol.